The van der Waals surface area contributed by atoms with Gasteiger partial charge in [0.05, 0.1) is 36.6 Å². The largest absolute Gasteiger partial charge is 0.452 e. The Morgan fingerprint density at radius 1 is 1.12 bits per heavy atom. The first-order valence-electron chi connectivity index (χ1n) is 14.8. The first-order valence-corrected chi connectivity index (χ1v) is 15.6. The van der Waals surface area contributed by atoms with Gasteiger partial charge in [0, 0.05) is 60.1 Å². The Labute approximate surface area is 254 Å². The second-order valence-electron chi connectivity index (χ2n) is 11.0. The summed E-state index contributed by atoms with van der Waals surface area (Å²) in [6, 6.07) is 7.59. The molecule has 1 N–H and O–H groups in total. The normalized spacial score (nSPS) is 15.4. The van der Waals surface area contributed by atoms with E-state index in [1.807, 2.05) is 6.07 Å². The lowest BCUT2D eigenvalue weighted by Crippen LogP contribution is -2.36. The monoisotopic (exact) mass is 617 g/mol. The minimum atomic E-state index is -4.57. The van der Waals surface area contributed by atoms with E-state index < -0.39 is 17.8 Å². The molecule has 2 aromatic heterocycles. The summed E-state index contributed by atoms with van der Waals surface area (Å²) in [6.45, 7) is 7.07. The van der Waals surface area contributed by atoms with Crippen LogP contribution in [0.4, 0.5) is 35.2 Å². The number of pyridine rings is 1. The molecule has 1 amide bonds. The molecule has 1 aromatic carbocycles. The standard InChI is InChI=1S/C31H38F3N5O3S/c1-4-5-27-20(2)36-29(43-27)9-6-23-17-25(38-10-12-42-13-11-38)18-28(37-23)35-19-21-14-22(31(32,33)34)16-26(15-21)39(24-7-8-24)30(40)41-3/h14-18,24H,4-13,19H2,1-3H3,(H,35,37). The fourth-order valence-electron chi connectivity index (χ4n) is 5.25. The number of rotatable bonds is 11. The number of methoxy groups -OCH3 is 1. The van der Waals surface area contributed by atoms with Crippen molar-refractivity contribution in [1.82, 2.24) is 9.97 Å². The van der Waals surface area contributed by atoms with Gasteiger partial charge in [-0.2, -0.15) is 13.2 Å². The third-order valence-corrected chi connectivity index (χ3v) is 8.87. The van der Waals surface area contributed by atoms with Crippen molar-refractivity contribution in [2.75, 3.05) is 48.5 Å². The predicted molar refractivity (Wildman–Crippen MR) is 162 cm³/mol. The van der Waals surface area contributed by atoms with E-state index in [0.717, 1.165) is 79.4 Å². The van der Waals surface area contributed by atoms with Gasteiger partial charge >= 0.3 is 12.3 Å². The van der Waals surface area contributed by atoms with Crippen LogP contribution in [0.1, 0.15) is 58.6 Å². The Morgan fingerprint density at radius 3 is 2.56 bits per heavy atom. The van der Waals surface area contributed by atoms with Crippen LogP contribution in [0.25, 0.3) is 0 Å². The molecule has 2 fully saturated rings. The molecule has 2 aliphatic rings. The highest BCUT2D eigenvalue weighted by Gasteiger charge is 2.37. The maximum absolute atomic E-state index is 13.9. The smallest absolute Gasteiger partial charge is 0.416 e. The summed E-state index contributed by atoms with van der Waals surface area (Å²) in [5.74, 6) is 0.576. The molecular weight excluding hydrogens is 579 g/mol. The van der Waals surface area contributed by atoms with Crippen LogP contribution < -0.4 is 15.1 Å². The van der Waals surface area contributed by atoms with Gasteiger partial charge in [-0.3, -0.25) is 4.90 Å². The summed E-state index contributed by atoms with van der Waals surface area (Å²) in [5.41, 5.74) is 2.72. The Hall–Kier alpha value is -3.38. The maximum atomic E-state index is 13.9. The van der Waals surface area contributed by atoms with Gasteiger partial charge in [-0.1, -0.05) is 13.3 Å². The van der Waals surface area contributed by atoms with Gasteiger partial charge in [0.15, 0.2) is 0 Å². The number of thiazole rings is 1. The molecule has 1 saturated heterocycles. The number of carbonyl (C=O) groups is 1. The number of alkyl halides is 3. The van der Waals surface area contributed by atoms with E-state index in [-0.39, 0.29) is 18.3 Å². The zero-order valence-electron chi connectivity index (χ0n) is 24.8. The van der Waals surface area contributed by atoms with Crippen LogP contribution in [-0.2, 0) is 41.5 Å². The topological polar surface area (TPSA) is 79.8 Å². The number of amides is 1. The van der Waals surface area contributed by atoms with Crippen molar-refractivity contribution in [1.29, 1.82) is 0 Å². The first kappa shape index (κ1) is 31.1. The second-order valence-corrected chi connectivity index (χ2v) is 12.1. The van der Waals surface area contributed by atoms with Crippen LogP contribution in [0.5, 0.6) is 0 Å². The minimum absolute atomic E-state index is 0.0989. The molecule has 12 heteroatoms. The predicted octanol–water partition coefficient (Wildman–Crippen LogP) is 6.79. The van der Waals surface area contributed by atoms with Crippen LogP contribution in [0, 0.1) is 6.92 Å². The van der Waals surface area contributed by atoms with Crippen molar-refractivity contribution in [3.63, 3.8) is 0 Å². The summed E-state index contributed by atoms with van der Waals surface area (Å²) in [5, 5.41) is 4.34. The van der Waals surface area contributed by atoms with Gasteiger partial charge < -0.3 is 19.7 Å². The van der Waals surface area contributed by atoms with Crippen molar-refractivity contribution in [3.8, 4) is 0 Å². The number of aryl methyl sites for hydroxylation is 4. The van der Waals surface area contributed by atoms with Crippen LogP contribution in [0.3, 0.4) is 0 Å². The van der Waals surface area contributed by atoms with Gasteiger partial charge in [0.1, 0.15) is 5.82 Å². The Morgan fingerprint density at radius 2 is 1.88 bits per heavy atom. The van der Waals surface area contributed by atoms with Crippen LogP contribution in [0.15, 0.2) is 30.3 Å². The molecular formula is C31H38F3N5O3S. The summed E-state index contributed by atoms with van der Waals surface area (Å²) < 4.78 is 52.1. The fraction of sp³-hybridized carbons (Fsp3) is 0.516. The molecule has 0 bridgehead atoms. The number of carbonyl (C=O) groups excluding carboxylic acids is 1. The zero-order chi connectivity index (χ0) is 30.6. The first-order chi connectivity index (χ1) is 20.6. The second kappa shape index (κ2) is 13.5. The highest BCUT2D eigenvalue weighted by atomic mass is 32.1. The number of anilines is 3. The van der Waals surface area contributed by atoms with Crippen molar-refractivity contribution in [2.24, 2.45) is 0 Å². The molecule has 3 aromatic rings. The number of nitrogens with one attached hydrogen (secondary N) is 1. The molecule has 1 aliphatic carbocycles. The Bertz CT molecular complexity index is 1420. The lowest BCUT2D eigenvalue weighted by atomic mass is 10.1. The summed E-state index contributed by atoms with van der Waals surface area (Å²) in [4.78, 5) is 26.9. The number of aromatic nitrogens is 2. The van der Waals surface area contributed by atoms with Crippen molar-refractivity contribution in [3.05, 3.63) is 62.7 Å². The lowest BCUT2D eigenvalue weighted by molar-refractivity contribution is -0.137. The van der Waals surface area contributed by atoms with Gasteiger partial charge in [-0.15, -0.1) is 11.3 Å². The van der Waals surface area contributed by atoms with Crippen molar-refractivity contribution >= 4 is 34.6 Å². The average molecular weight is 618 g/mol. The van der Waals surface area contributed by atoms with E-state index in [9.17, 15) is 18.0 Å². The molecule has 0 atom stereocenters. The molecule has 0 radical (unpaired) electrons. The summed E-state index contributed by atoms with van der Waals surface area (Å²) in [6.07, 6.45) is -0.233. The molecule has 3 heterocycles. The molecule has 1 aliphatic heterocycles. The third kappa shape index (κ3) is 7.97. The molecule has 232 valence electrons. The quantitative estimate of drug-likeness (QED) is 0.254. The van der Waals surface area contributed by atoms with E-state index in [1.165, 1.54) is 16.9 Å². The number of hydrogen-bond acceptors (Lipinski definition) is 8. The van der Waals surface area contributed by atoms with Gasteiger partial charge in [0.2, 0.25) is 0 Å². The van der Waals surface area contributed by atoms with Crippen molar-refractivity contribution in [2.45, 2.75) is 71.1 Å². The van der Waals surface area contributed by atoms with Gasteiger partial charge in [0.25, 0.3) is 0 Å². The van der Waals surface area contributed by atoms with E-state index in [0.29, 0.717) is 31.0 Å². The molecule has 1 saturated carbocycles. The highest BCUT2D eigenvalue weighted by Crippen LogP contribution is 2.37. The SMILES string of the molecule is CCCc1sc(CCc2cc(N3CCOCC3)cc(NCc3cc(N(C(=O)OC)C4CC4)cc(C(F)(F)F)c3)n2)nc1C. The summed E-state index contributed by atoms with van der Waals surface area (Å²) in [7, 11) is 1.23. The summed E-state index contributed by atoms with van der Waals surface area (Å²) >= 11 is 1.75. The van der Waals surface area contributed by atoms with Gasteiger partial charge in [-0.05, 0) is 62.4 Å². The van der Waals surface area contributed by atoms with E-state index in [4.69, 9.17) is 19.4 Å². The fourth-order valence-corrected chi connectivity index (χ4v) is 6.42. The van der Waals surface area contributed by atoms with E-state index in [1.54, 1.807) is 17.4 Å². The molecule has 43 heavy (non-hydrogen) atoms. The number of morpholine rings is 1. The number of benzene rings is 1. The number of ether oxygens (including phenoxy) is 2. The van der Waals surface area contributed by atoms with Gasteiger partial charge in [-0.25, -0.2) is 14.8 Å². The maximum Gasteiger partial charge on any atom is 0.416 e. The molecule has 0 unspecified atom stereocenters. The highest BCUT2D eigenvalue weighted by molar-refractivity contribution is 7.11. The lowest BCUT2D eigenvalue weighted by Gasteiger charge is -2.29. The zero-order valence-corrected chi connectivity index (χ0v) is 25.6. The number of nitrogens with zero attached hydrogens (tertiary/aromatic N) is 4. The van der Waals surface area contributed by atoms with E-state index in [2.05, 4.69) is 30.1 Å². The number of hydrogen-bond donors (Lipinski definition) is 1. The third-order valence-electron chi connectivity index (χ3n) is 7.59. The molecule has 8 nitrogen and oxygen atoms in total. The molecule has 5 rings (SSSR count). The van der Waals surface area contributed by atoms with Crippen LogP contribution in [0.2, 0.25) is 0 Å². The van der Waals surface area contributed by atoms with Crippen LogP contribution >= 0.6 is 11.3 Å². The Kier molecular flexibility index (Phi) is 9.75. The molecule has 0 spiro atoms. The minimum Gasteiger partial charge on any atom is -0.452 e. The van der Waals surface area contributed by atoms with Crippen molar-refractivity contribution < 1.29 is 27.4 Å². The van der Waals surface area contributed by atoms with Crippen LogP contribution in [-0.4, -0.2) is 55.5 Å². The van der Waals surface area contributed by atoms with E-state index >= 15 is 0 Å². The number of halogens is 3. The Balaban J connectivity index is 1.39. The average Bonchev–Trinajstić information content (AvgIpc) is 3.77.